The fourth-order valence-electron chi connectivity index (χ4n) is 4.34. The first-order valence-corrected chi connectivity index (χ1v) is 11.7. The Morgan fingerprint density at radius 3 is 2.36 bits per heavy atom. The van der Waals surface area contributed by atoms with Gasteiger partial charge in [-0.2, -0.15) is 0 Å². The second-order valence-electron chi connectivity index (χ2n) is 9.10. The van der Waals surface area contributed by atoms with Crippen LogP contribution in [0, 0.1) is 5.92 Å². The lowest BCUT2D eigenvalue weighted by molar-refractivity contribution is -0.136. The molecule has 1 unspecified atom stereocenters. The number of imidazole rings is 1. The quantitative estimate of drug-likeness (QED) is 0.317. The van der Waals surface area contributed by atoms with Gasteiger partial charge in [0.25, 0.3) is 0 Å². The van der Waals surface area contributed by atoms with Crippen molar-refractivity contribution >= 4 is 28.6 Å². The van der Waals surface area contributed by atoms with Gasteiger partial charge in [-0.25, -0.2) is 4.98 Å². The minimum absolute atomic E-state index is 0.0183. The van der Waals surface area contributed by atoms with Gasteiger partial charge >= 0.3 is 5.97 Å². The fraction of sp³-hybridized carbons (Fsp3) is 0.286. The number of carbonyl (C=O) groups is 1. The van der Waals surface area contributed by atoms with Gasteiger partial charge in [0.15, 0.2) is 0 Å². The van der Waals surface area contributed by atoms with Crippen molar-refractivity contribution < 1.29 is 9.90 Å². The van der Waals surface area contributed by atoms with E-state index in [1.165, 1.54) is 11.1 Å². The van der Waals surface area contributed by atoms with Gasteiger partial charge in [0, 0.05) is 10.9 Å². The molecule has 5 heteroatoms. The summed E-state index contributed by atoms with van der Waals surface area (Å²) < 4.78 is 2.20. The molecule has 1 atom stereocenters. The summed E-state index contributed by atoms with van der Waals surface area (Å²) in [4.78, 5) is 16.2. The summed E-state index contributed by atoms with van der Waals surface area (Å²) in [5.41, 5.74) is 6.08. The van der Waals surface area contributed by atoms with Crippen molar-refractivity contribution in [1.82, 2.24) is 9.55 Å². The van der Waals surface area contributed by atoms with Crippen LogP contribution < -0.4 is 0 Å². The Balaban J connectivity index is 1.77. The van der Waals surface area contributed by atoms with Gasteiger partial charge < -0.3 is 9.67 Å². The summed E-state index contributed by atoms with van der Waals surface area (Å²) in [5.74, 6) is 0.776. The zero-order valence-corrected chi connectivity index (χ0v) is 20.0. The van der Waals surface area contributed by atoms with Gasteiger partial charge in [-0.15, -0.1) is 0 Å². The molecule has 1 aromatic heterocycles. The van der Waals surface area contributed by atoms with Crippen molar-refractivity contribution in [3.05, 3.63) is 99.8 Å². The molecule has 170 valence electrons. The van der Waals surface area contributed by atoms with Crippen molar-refractivity contribution in [2.45, 2.75) is 46.1 Å². The van der Waals surface area contributed by atoms with Crippen LogP contribution in [0.3, 0.4) is 0 Å². The number of nitrogens with zero attached hydrogens (tertiary/aromatic N) is 2. The first kappa shape index (κ1) is 23.1. The molecule has 0 radical (unpaired) electrons. The maximum Gasteiger partial charge on any atom is 0.307 e. The van der Waals surface area contributed by atoms with Crippen LogP contribution in [-0.4, -0.2) is 20.6 Å². The van der Waals surface area contributed by atoms with Crippen LogP contribution in [0.2, 0.25) is 5.02 Å². The smallest absolute Gasteiger partial charge is 0.307 e. The number of carboxylic acid groups (broad SMARTS) is 1. The van der Waals surface area contributed by atoms with Gasteiger partial charge in [-0.05, 0) is 52.8 Å². The summed E-state index contributed by atoms with van der Waals surface area (Å²) in [6.45, 7) is 7.22. The molecule has 0 aliphatic heterocycles. The molecule has 1 heterocycles. The number of carboxylic acids is 1. The number of fused-ring (bicyclic) bond motifs is 1. The van der Waals surface area contributed by atoms with Crippen molar-refractivity contribution in [1.29, 1.82) is 0 Å². The molecule has 3 aromatic carbocycles. The first-order chi connectivity index (χ1) is 15.8. The summed E-state index contributed by atoms with van der Waals surface area (Å²) in [6, 6.07) is 22.4. The number of rotatable bonds is 8. The second-order valence-corrected chi connectivity index (χ2v) is 9.51. The zero-order valence-electron chi connectivity index (χ0n) is 19.3. The van der Waals surface area contributed by atoms with E-state index < -0.39 is 5.97 Å². The highest BCUT2D eigenvalue weighted by atomic mass is 35.5. The molecule has 0 saturated heterocycles. The molecular formula is C28H29ClN2O2. The van der Waals surface area contributed by atoms with E-state index in [9.17, 15) is 9.90 Å². The molecule has 0 fully saturated rings. The Bertz CT molecular complexity index is 1280. The van der Waals surface area contributed by atoms with Gasteiger partial charge in [0.1, 0.15) is 5.82 Å². The van der Waals surface area contributed by atoms with Crippen molar-refractivity contribution in [2.75, 3.05) is 0 Å². The third-order valence-electron chi connectivity index (χ3n) is 5.99. The summed E-state index contributed by atoms with van der Waals surface area (Å²) >= 11 is 6.48. The Hall–Kier alpha value is -3.11. The molecule has 0 spiro atoms. The fourth-order valence-corrected chi connectivity index (χ4v) is 4.53. The van der Waals surface area contributed by atoms with E-state index in [1.807, 2.05) is 42.5 Å². The number of benzene rings is 3. The summed E-state index contributed by atoms with van der Waals surface area (Å²) in [7, 11) is 0. The van der Waals surface area contributed by atoms with E-state index >= 15 is 0 Å². The summed E-state index contributed by atoms with van der Waals surface area (Å²) in [6.07, 6.45) is 1.04. The Morgan fingerprint density at radius 1 is 1.00 bits per heavy atom. The molecule has 4 aromatic rings. The Kier molecular flexibility index (Phi) is 6.85. The van der Waals surface area contributed by atoms with Gasteiger partial charge in [0.05, 0.1) is 24.0 Å². The minimum atomic E-state index is -0.847. The van der Waals surface area contributed by atoms with Crippen LogP contribution in [0.4, 0.5) is 0 Å². The van der Waals surface area contributed by atoms with Gasteiger partial charge in [-0.1, -0.05) is 80.9 Å². The van der Waals surface area contributed by atoms with Crippen LogP contribution >= 0.6 is 11.6 Å². The molecule has 0 saturated carbocycles. The highest BCUT2D eigenvalue weighted by Crippen LogP contribution is 2.30. The molecule has 0 bridgehead atoms. The molecule has 1 N–H and O–H groups in total. The third kappa shape index (κ3) is 5.28. The van der Waals surface area contributed by atoms with E-state index in [-0.39, 0.29) is 12.3 Å². The molecule has 0 aliphatic rings. The normalized spacial score (nSPS) is 12.4. The number of aromatic nitrogens is 2. The molecular weight excluding hydrogens is 432 g/mol. The average Bonchev–Trinajstić information content (AvgIpc) is 3.12. The van der Waals surface area contributed by atoms with E-state index in [2.05, 4.69) is 49.6 Å². The topological polar surface area (TPSA) is 55.1 Å². The predicted molar refractivity (Wildman–Crippen MR) is 134 cm³/mol. The lowest BCUT2D eigenvalue weighted by Gasteiger charge is -2.17. The SMILES string of the molecule is CC(C)Cc1ccc(C(C)c2nc3cc(CC(=O)O)ccc3n2Cc2ccccc2Cl)cc1. The first-order valence-electron chi connectivity index (χ1n) is 11.3. The minimum Gasteiger partial charge on any atom is -0.481 e. The van der Waals surface area contributed by atoms with Crippen LogP contribution in [0.25, 0.3) is 11.0 Å². The van der Waals surface area contributed by atoms with E-state index in [0.29, 0.717) is 12.5 Å². The summed E-state index contributed by atoms with van der Waals surface area (Å²) in [5, 5.41) is 9.92. The van der Waals surface area contributed by atoms with E-state index in [0.717, 1.165) is 39.4 Å². The highest BCUT2D eigenvalue weighted by Gasteiger charge is 2.20. The molecule has 4 rings (SSSR count). The van der Waals surface area contributed by atoms with Crippen molar-refractivity contribution in [3.8, 4) is 0 Å². The third-order valence-corrected chi connectivity index (χ3v) is 6.36. The largest absolute Gasteiger partial charge is 0.481 e. The standard InChI is InChI=1S/C28H29ClN2O2/c1-18(2)14-20-8-11-22(12-9-20)19(3)28-30-25-15-21(16-27(32)33)10-13-26(25)31(28)17-23-6-4-5-7-24(23)29/h4-13,15,18-19H,14,16-17H2,1-3H3,(H,32,33). The van der Waals surface area contributed by atoms with Crippen LogP contribution in [-0.2, 0) is 24.2 Å². The molecule has 0 aliphatic carbocycles. The lowest BCUT2D eigenvalue weighted by Crippen LogP contribution is -2.10. The van der Waals surface area contributed by atoms with Crippen LogP contribution in [0.15, 0.2) is 66.7 Å². The van der Waals surface area contributed by atoms with E-state index in [1.54, 1.807) is 0 Å². The Morgan fingerprint density at radius 2 is 1.70 bits per heavy atom. The molecule has 0 amide bonds. The van der Waals surface area contributed by atoms with Gasteiger partial charge in [-0.3, -0.25) is 4.79 Å². The molecule has 33 heavy (non-hydrogen) atoms. The zero-order chi connectivity index (χ0) is 23.5. The maximum atomic E-state index is 11.2. The van der Waals surface area contributed by atoms with Crippen molar-refractivity contribution in [2.24, 2.45) is 5.92 Å². The highest BCUT2D eigenvalue weighted by molar-refractivity contribution is 6.31. The Labute approximate surface area is 199 Å². The van der Waals surface area contributed by atoms with Crippen molar-refractivity contribution in [3.63, 3.8) is 0 Å². The van der Waals surface area contributed by atoms with Crippen LogP contribution in [0.5, 0.6) is 0 Å². The van der Waals surface area contributed by atoms with Gasteiger partial charge in [0.2, 0.25) is 0 Å². The van der Waals surface area contributed by atoms with Crippen LogP contribution in [0.1, 0.15) is 54.8 Å². The monoisotopic (exact) mass is 460 g/mol. The predicted octanol–water partition coefficient (Wildman–Crippen LogP) is 6.72. The maximum absolute atomic E-state index is 11.2. The number of halogens is 1. The van der Waals surface area contributed by atoms with E-state index in [4.69, 9.17) is 16.6 Å². The average molecular weight is 461 g/mol. The number of hydrogen-bond donors (Lipinski definition) is 1. The number of aliphatic carboxylic acids is 1. The lowest BCUT2D eigenvalue weighted by atomic mass is 9.96. The molecule has 4 nitrogen and oxygen atoms in total. The number of hydrogen-bond acceptors (Lipinski definition) is 2. The second kappa shape index (κ2) is 9.80.